The van der Waals surface area contributed by atoms with Crippen molar-refractivity contribution in [3.8, 4) is 0 Å². The van der Waals surface area contributed by atoms with Gasteiger partial charge in [0.1, 0.15) is 0 Å². The summed E-state index contributed by atoms with van der Waals surface area (Å²) in [5, 5.41) is 11.7. The lowest BCUT2D eigenvalue weighted by Crippen LogP contribution is -2.28. The average Bonchev–Trinajstić information content (AvgIpc) is 2.15. The lowest BCUT2D eigenvalue weighted by atomic mass is 9.95. The van der Waals surface area contributed by atoms with Crippen LogP contribution in [0.1, 0.15) is 31.1 Å². The Balaban J connectivity index is 3.12. The molecule has 0 aliphatic carbocycles. The Kier molecular flexibility index (Phi) is 3.83. The van der Waals surface area contributed by atoms with E-state index in [1.807, 2.05) is 0 Å². The molecule has 92 valence electrons. The van der Waals surface area contributed by atoms with Crippen molar-refractivity contribution in [1.29, 1.82) is 0 Å². The second kappa shape index (κ2) is 4.79. The average molecular weight is 253 g/mol. The number of benzene rings is 1. The van der Waals surface area contributed by atoms with Crippen molar-refractivity contribution < 1.29 is 14.7 Å². The van der Waals surface area contributed by atoms with Crippen LogP contribution in [0.25, 0.3) is 0 Å². The van der Waals surface area contributed by atoms with Crippen molar-refractivity contribution >= 4 is 30.2 Å². The highest BCUT2D eigenvalue weighted by molar-refractivity contribution is 7.80. The van der Waals surface area contributed by atoms with Crippen molar-refractivity contribution in [2.75, 3.05) is 5.32 Å². The van der Waals surface area contributed by atoms with Gasteiger partial charge in [-0.15, -0.1) is 12.6 Å². The van der Waals surface area contributed by atoms with Crippen LogP contribution in [0.3, 0.4) is 0 Å². The Bertz CT molecular complexity index is 463. The molecule has 0 saturated heterocycles. The van der Waals surface area contributed by atoms with Gasteiger partial charge in [0.15, 0.2) is 0 Å². The second-order valence-electron chi connectivity index (χ2n) is 4.71. The largest absolute Gasteiger partial charge is 0.478 e. The van der Waals surface area contributed by atoms with Gasteiger partial charge >= 0.3 is 5.97 Å². The van der Waals surface area contributed by atoms with E-state index in [0.29, 0.717) is 4.90 Å². The lowest BCUT2D eigenvalue weighted by molar-refractivity contribution is -0.123. The lowest BCUT2D eigenvalue weighted by Gasteiger charge is -2.19. The maximum atomic E-state index is 11.8. The number of amides is 1. The minimum Gasteiger partial charge on any atom is -0.478 e. The highest BCUT2D eigenvalue weighted by Gasteiger charge is 2.23. The van der Waals surface area contributed by atoms with Gasteiger partial charge < -0.3 is 10.4 Å². The van der Waals surface area contributed by atoms with Crippen LogP contribution in [-0.4, -0.2) is 17.0 Å². The van der Waals surface area contributed by atoms with Crippen LogP contribution in [0.4, 0.5) is 5.69 Å². The van der Waals surface area contributed by atoms with Gasteiger partial charge in [-0.1, -0.05) is 26.8 Å². The standard InChI is InChI=1S/C12H15NO3S/c1-12(2,3)11(16)13-7-5-4-6-8(17)9(7)10(14)15/h4-6,17H,1-3H3,(H,13,16)(H,14,15). The fourth-order valence-electron chi connectivity index (χ4n) is 1.18. The van der Waals surface area contributed by atoms with E-state index in [4.69, 9.17) is 5.11 Å². The number of carboxylic acid groups (broad SMARTS) is 1. The maximum Gasteiger partial charge on any atom is 0.338 e. The number of carbonyl (C=O) groups is 2. The predicted molar refractivity (Wildman–Crippen MR) is 68.7 cm³/mol. The van der Waals surface area contributed by atoms with Crippen LogP contribution in [-0.2, 0) is 4.79 Å². The number of anilines is 1. The van der Waals surface area contributed by atoms with Crippen molar-refractivity contribution in [3.63, 3.8) is 0 Å². The molecule has 1 amide bonds. The third-order valence-corrected chi connectivity index (χ3v) is 2.56. The van der Waals surface area contributed by atoms with Crippen LogP contribution in [0, 0.1) is 5.41 Å². The fraction of sp³-hybridized carbons (Fsp3) is 0.333. The first-order chi connectivity index (χ1) is 7.73. The zero-order chi connectivity index (χ0) is 13.2. The topological polar surface area (TPSA) is 66.4 Å². The molecule has 0 aliphatic rings. The summed E-state index contributed by atoms with van der Waals surface area (Å²) in [4.78, 5) is 23.2. The van der Waals surface area contributed by atoms with E-state index in [-0.39, 0.29) is 17.2 Å². The number of carbonyl (C=O) groups excluding carboxylic acids is 1. The molecule has 0 aliphatic heterocycles. The molecule has 0 radical (unpaired) electrons. The van der Waals surface area contributed by atoms with Crippen molar-refractivity contribution in [3.05, 3.63) is 23.8 Å². The summed E-state index contributed by atoms with van der Waals surface area (Å²) in [5.41, 5.74) is -0.305. The molecular formula is C12H15NO3S. The van der Waals surface area contributed by atoms with E-state index in [1.54, 1.807) is 39.0 Å². The molecule has 17 heavy (non-hydrogen) atoms. The van der Waals surface area contributed by atoms with Crippen molar-refractivity contribution in [1.82, 2.24) is 0 Å². The summed E-state index contributed by atoms with van der Waals surface area (Å²) in [6.07, 6.45) is 0. The molecule has 0 bridgehead atoms. The molecular weight excluding hydrogens is 238 g/mol. The van der Waals surface area contributed by atoms with Crippen LogP contribution >= 0.6 is 12.6 Å². The number of nitrogens with one attached hydrogen (secondary N) is 1. The summed E-state index contributed by atoms with van der Waals surface area (Å²) >= 11 is 4.07. The highest BCUT2D eigenvalue weighted by Crippen LogP contribution is 2.25. The molecule has 1 rings (SSSR count). The normalized spacial score (nSPS) is 11.1. The summed E-state index contributed by atoms with van der Waals surface area (Å²) in [6.45, 7) is 5.27. The molecule has 0 aromatic heterocycles. The quantitative estimate of drug-likeness (QED) is 0.710. The smallest absolute Gasteiger partial charge is 0.338 e. The van der Waals surface area contributed by atoms with Gasteiger partial charge in [0.2, 0.25) is 5.91 Å². The first-order valence-electron chi connectivity index (χ1n) is 5.10. The summed E-state index contributed by atoms with van der Waals surface area (Å²) in [6, 6.07) is 4.76. The molecule has 1 aromatic carbocycles. The first kappa shape index (κ1) is 13.6. The SMILES string of the molecule is CC(C)(C)C(=O)Nc1cccc(S)c1C(=O)O. The zero-order valence-electron chi connectivity index (χ0n) is 9.94. The Hall–Kier alpha value is -1.49. The third-order valence-electron chi connectivity index (χ3n) is 2.19. The summed E-state index contributed by atoms with van der Waals surface area (Å²) in [7, 11) is 0. The molecule has 0 spiro atoms. The van der Waals surface area contributed by atoms with E-state index in [2.05, 4.69) is 17.9 Å². The molecule has 1 aromatic rings. The van der Waals surface area contributed by atoms with Gasteiger partial charge in [-0.3, -0.25) is 4.79 Å². The Labute approximate surface area is 105 Å². The van der Waals surface area contributed by atoms with Crippen molar-refractivity contribution in [2.24, 2.45) is 5.41 Å². The molecule has 0 fully saturated rings. The summed E-state index contributed by atoms with van der Waals surface area (Å²) < 4.78 is 0. The minimum absolute atomic E-state index is 0.00781. The maximum absolute atomic E-state index is 11.8. The van der Waals surface area contributed by atoms with Gasteiger partial charge in [0.05, 0.1) is 11.3 Å². The summed E-state index contributed by atoms with van der Waals surface area (Å²) in [5.74, 6) is -1.35. The Morgan fingerprint density at radius 2 is 1.88 bits per heavy atom. The van der Waals surface area contributed by atoms with Crippen molar-refractivity contribution in [2.45, 2.75) is 25.7 Å². The molecule has 0 atom stereocenters. The number of carboxylic acids is 1. The highest BCUT2D eigenvalue weighted by atomic mass is 32.1. The van der Waals surface area contributed by atoms with E-state index < -0.39 is 11.4 Å². The second-order valence-corrected chi connectivity index (χ2v) is 5.19. The van der Waals surface area contributed by atoms with Gasteiger partial charge in [-0.05, 0) is 12.1 Å². The van der Waals surface area contributed by atoms with Gasteiger partial charge in [-0.2, -0.15) is 0 Å². The molecule has 0 saturated carbocycles. The van der Waals surface area contributed by atoms with E-state index in [0.717, 1.165) is 0 Å². The molecule has 0 unspecified atom stereocenters. The zero-order valence-corrected chi connectivity index (χ0v) is 10.8. The molecule has 2 N–H and O–H groups in total. The van der Waals surface area contributed by atoms with E-state index >= 15 is 0 Å². The number of thiol groups is 1. The van der Waals surface area contributed by atoms with Gasteiger partial charge in [-0.25, -0.2) is 4.79 Å². The minimum atomic E-state index is -1.11. The fourth-order valence-corrected chi connectivity index (χ4v) is 1.48. The Morgan fingerprint density at radius 1 is 1.29 bits per heavy atom. The van der Waals surface area contributed by atoms with Crippen LogP contribution in [0.5, 0.6) is 0 Å². The van der Waals surface area contributed by atoms with E-state index in [9.17, 15) is 9.59 Å². The molecule has 0 heterocycles. The third kappa shape index (κ3) is 3.23. The van der Waals surface area contributed by atoms with Crippen LogP contribution in [0.15, 0.2) is 23.1 Å². The number of aromatic carboxylic acids is 1. The van der Waals surface area contributed by atoms with Gasteiger partial charge in [0, 0.05) is 10.3 Å². The van der Waals surface area contributed by atoms with Gasteiger partial charge in [0.25, 0.3) is 0 Å². The predicted octanol–water partition coefficient (Wildman–Crippen LogP) is 2.66. The van der Waals surface area contributed by atoms with Crippen LogP contribution < -0.4 is 5.32 Å². The number of rotatable bonds is 2. The molecule has 4 nitrogen and oxygen atoms in total. The van der Waals surface area contributed by atoms with E-state index in [1.165, 1.54) is 0 Å². The first-order valence-corrected chi connectivity index (χ1v) is 5.55. The number of hydrogen-bond acceptors (Lipinski definition) is 3. The Morgan fingerprint density at radius 3 is 2.35 bits per heavy atom. The van der Waals surface area contributed by atoms with Crippen LogP contribution in [0.2, 0.25) is 0 Å². The monoisotopic (exact) mass is 253 g/mol. The molecule has 5 heteroatoms. The number of hydrogen-bond donors (Lipinski definition) is 3.